The summed E-state index contributed by atoms with van der Waals surface area (Å²) >= 11 is 0. The normalized spacial score (nSPS) is 19.5. The van der Waals surface area contributed by atoms with Gasteiger partial charge in [-0.3, -0.25) is 20.0 Å². The van der Waals surface area contributed by atoms with Gasteiger partial charge in [0.05, 0.1) is 5.92 Å². The zero-order valence-electron chi connectivity index (χ0n) is 25.5. The van der Waals surface area contributed by atoms with Gasteiger partial charge in [-0.2, -0.15) is 0 Å². The molecular formula is C36H47N5O3. The second-order valence-corrected chi connectivity index (χ2v) is 12.0. The summed E-state index contributed by atoms with van der Waals surface area (Å²) in [6, 6.07) is 27.6. The first kappa shape index (κ1) is 32.6. The minimum absolute atomic E-state index is 0. The Bertz CT molecular complexity index is 1420. The minimum Gasteiger partial charge on any atom is -0.461 e. The number of carbonyl (C=O) groups is 2. The molecule has 0 aromatic heterocycles. The van der Waals surface area contributed by atoms with E-state index in [1.807, 2.05) is 67.6 Å². The highest BCUT2D eigenvalue weighted by atomic mass is 16.5. The molecule has 1 amide bonds. The zero-order valence-corrected chi connectivity index (χ0v) is 25.5. The van der Waals surface area contributed by atoms with Crippen LogP contribution in [-0.2, 0) is 27.4 Å². The van der Waals surface area contributed by atoms with Gasteiger partial charge < -0.3 is 16.2 Å². The summed E-state index contributed by atoms with van der Waals surface area (Å²) in [4.78, 5) is 26.1. The van der Waals surface area contributed by atoms with E-state index in [1.54, 1.807) is 0 Å². The summed E-state index contributed by atoms with van der Waals surface area (Å²) in [6.07, 6.45) is 8.58. The molecule has 8 heteroatoms. The van der Waals surface area contributed by atoms with Crippen molar-refractivity contribution in [3.05, 3.63) is 108 Å². The number of carbonyl (C=O) groups excluding carboxylic acids is 2. The topological polar surface area (TPSA) is 144 Å². The predicted molar refractivity (Wildman–Crippen MR) is 177 cm³/mol. The van der Waals surface area contributed by atoms with Crippen LogP contribution in [0.3, 0.4) is 0 Å². The maximum atomic E-state index is 13.2. The van der Waals surface area contributed by atoms with Crippen molar-refractivity contribution >= 4 is 17.7 Å². The number of amidine groups is 1. The molecule has 0 aliphatic heterocycles. The highest BCUT2D eigenvalue weighted by molar-refractivity contribution is 6.36. The monoisotopic (exact) mass is 597 g/mol. The van der Waals surface area contributed by atoms with Crippen LogP contribution in [0.25, 0.3) is 11.1 Å². The smallest absolute Gasteiger partial charge is 0.309 e. The third kappa shape index (κ3) is 8.88. The van der Waals surface area contributed by atoms with E-state index in [-0.39, 0.29) is 32.0 Å². The van der Waals surface area contributed by atoms with Crippen LogP contribution in [0.4, 0.5) is 0 Å². The molecule has 0 spiro atoms. The van der Waals surface area contributed by atoms with Crippen LogP contribution >= 0.6 is 0 Å². The van der Waals surface area contributed by atoms with E-state index >= 15 is 0 Å². The van der Waals surface area contributed by atoms with E-state index < -0.39 is 11.8 Å². The number of esters is 1. The van der Waals surface area contributed by atoms with Gasteiger partial charge in [0.15, 0.2) is 0 Å². The Morgan fingerprint density at radius 3 is 2.36 bits per heavy atom. The molecule has 5 atom stereocenters. The molecule has 1 fully saturated rings. The fourth-order valence-corrected chi connectivity index (χ4v) is 6.07. The lowest BCUT2D eigenvalue weighted by molar-refractivity contribution is -0.149. The summed E-state index contributed by atoms with van der Waals surface area (Å²) in [5, 5.41) is 12.7. The van der Waals surface area contributed by atoms with Crippen LogP contribution in [0.2, 0.25) is 0 Å². The van der Waals surface area contributed by atoms with Gasteiger partial charge in [0.1, 0.15) is 6.61 Å². The number of hydrazine groups is 1. The van der Waals surface area contributed by atoms with E-state index in [0.717, 1.165) is 41.0 Å². The average Bonchev–Trinajstić information content (AvgIpc) is 3.84. The summed E-state index contributed by atoms with van der Waals surface area (Å²) in [6.45, 7) is 2.48. The Morgan fingerprint density at radius 2 is 1.66 bits per heavy atom. The van der Waals surface area contributed by atoms with Crippen molar-refractivity contribution in [1.29, 1.82) is 5.41 Å². The van der Waals surface area contributed by atoms with E-state index in [4.69, 9.17) is 16.0 Å². The number of nitrogens with zero attached hydrogens (tertiary/aromatic N) is 1. The van der Waals surface area contributed by atoms with Gasteiger partial charge in [-0.25, -0.2) is 5.84 Å². The lowest BCUT2D eigenvalue weighted by Gasteiger charge is -2.26. The van der Waals surface area contributed by atoms with E-state index in [1.165, 1.54) is 11.4 Å². The molecule has 2 aliphatic rings. The molecule has 3 unspecified atom stereocenters. The molecule has 2 aliphatic carbocycles. The van der Waals surface area contributed by atoms with Crippen molar-refractivity contribution in [2.75, 3.05) is 6.54 Å². The third-order valence-corrected chi connectivity index (χ3v) is 8.70. The standard InChI is InChI=1S/C36H42N4O3.H3N.H2/c1-25(36(42)43-24-27-9-4-2-5-10-27)21-32(22-26-15-17-29(18-16-26)28-11-6-3-7-12-28)39-35(41)34(37)40(38)20-19-30-13-8-14-31-23-33(30)31;;/h2-12,14-18,25,30-33,37H,13,19-24,38H2,1H3,(H,39,41);1H3;1H/t25-,30?,31?,32+,33?;;/m1../s1. The van der Waals surface area contributed by atoms with Crippen molar-refractivity contribution < 1.29 is 15.8 Å². The molecule has 0 heterocycles. The Labute approximate surface area is 262 Å². The fraction of sp³-hybridized carbons (Fsp3) is 0.361. The van der Waals surface area contributed by atoms with Crippen LogP contribution in [0.5, 0.6) is 0 Å². The predicted octanol–water partition coefficient (Wildman–Crippen LogP) is 6.31. The lowest BCUT2D eigenvalue weighted by Crippen LogP contribution is -2.50. The number of fused-ring (bicyclic) bond motifs is 1. The van der Waals surface area contributed by atoms with E-state index in [0.29, 0.717) is 31.2 Å². The Kier molecular flexibility index (Phi) is 11.5. The summed E-state index contributed by atoms with van der Waals surface area (Å²) < 4.78 is 5.57. The SMILES string of the molecule is C[C@H](C[C@@H](Cc1ccc(-c2ccccc2)cc1)NC(=O)C(=N)N(N)CCC1CC=CC2CC21)C(=O)OCc1ccccc1.N.[HH]. The lowest BCUT2D eigenvalue weighted by atomic mass is 9.91. The summed E-state index contributed by atoms with van der Waals surface area (Å²) in [5.41, 5.74) is 4.18. The number of hydrogen-bond acceptors (Lipinski definition) is 6. The molecule has 8 nitrogen and oxygen atoms in total. The molecule has 0 bridgehead atoms. The minimum atomic E-state index is -0.536. The molecule has 0 saturated heterocycles. The first-order valence-electron chi connectivity index (χ1n) is 15.3. The Hall–Kier alpha value is -4.27. The molecular weight excluding hydrogens is 550 g/mol. The number of ether oxygens (including phenoxy) is 1. The zero-order chi connectivity index (χ0) is 30.2. The third-order valence-electron chi connectivity index (χ3n) is 8.70. The average molecular weight is 598 g/mol. The number of hydrogen-bond donors (Lipinski definition) is 4. The van der Waals surface area contributed by atoms with Gasteiger partial charge >= 0.3 is 5.97 Å². The number of benzene rings is 3. The van der Waals surface area contributed by atoms with Gasteiger partial charge in [-0.05, 0) is 72.1 Å². The molecule has 0 radical (unpaired) electrons. The molecule has 7 N–H and O–H groups in total. The van der Waals surface area contributed by atoms with Gasteiger partial charge in [0, 0.05) is 14.0 Å². The fourth-order valence-electron chi connectivity index (χ4n) is 6.07. The van der Waals surface area contributed by atoms with Crippen molar-refractivity contribution in [3.63, 3.8) is 0 Å². The highest BCUT2D eigenvalue weighted by Gasteiger charge is 2.42. The van der Waals surface area contributed by atoms with Crippen LogP contribution in [-0.4, -0.2) is 35.3 Å². The molecule has 44 heavy (non-hydrogen) atoms. The van der Waals surface area contributed by atoms with E-state index in [2.05, 4.69) is 41.7 Å². The molecule has 5 rings (SSSR count). The molecule has 234 valence electrons. The van der Waals surface area contributed by atoms with Gasteiger partial charge in [-0.15, -0.1) is 0 Å². The summed E-state index contributed by atoms with van der Waals surface area (Å²) in [5.74, 6) is 6.61. The van der Waals surface area contributed by atoms with Crippen LogP contribution < -0.4 is 17.3 Å². The number of rotatable bonds is 12. The molecule has 3 aromatic rings. The van der Waals surface area contributed by atoms with E-state index in [9.17, 15) is 9.59 Å². The van der Waals surface area contributed by atoms with Crippen LogP contribution in [0.1, 0.15) is 45.2 Å². The van der Waals surface area contributed by atoms with Gasteiger partial charge in [-0.1, -0.05) is 104 Å². The highest BCUT2D eigenvalue weighted by Crippen LogP contribution is 2.50. The molecule has 3 aromatic carbocycles. The second kappa shape index (κ2) is 15.5. The Morgan fingerprint density at radius 1 is 1.00 bits per heavy atom. The van der Waals surface area contributed by atoms with Crippen molar-refractivity contribution in [2.45, 2.75) is 51.7 Å². The molecule has 1 saturated carbocycles. The van der Waals surface area contributed by atoms with Crippen molar-refractivity contribution in [1.82, 2.24) is 16.5 Å². The second-order valence-electron chi connectivity index (χ2n) is 12.0. The number of nitrogens with one attached hydrogen (secondary N) is 2. The van der Waals surface area contributed by atoms with Crippen LogP contribution in [0.15, 0.2) is 97.1 Å². The first-order chi connectivity index (χ1) is 20.9. The van der Waals surface area contributed by atoms with Crippen molar-refractivity contribution in [3.8, 4) is 11.1 Å². The van der Waals surface area contributed by atoms with Gasteiger partial charge in [0.2, 0.25) is 5.84 Å². The Balaban J connectivity index is 0.00000276. The first-order valence-corrected chi connectivity index (χ1v) is 15.3. The number of nitrogens with two attached hydrogens (primary N) is 1. The maximum absolute atomic E-state index is 13.2. The number of amides is 1. The maximum Gasteiger partial charge on any atom is 0.309 e. The summed E-state index contributed by atoms with van der Waals surface area (Å²) in [7, 11) is 0. The van der Waals surface area contributed by atoms with Crippen LogP contribution in [0, 0.1) is 29.1 Å². The largest absolute Gasteiger partial charge is 0.461 e. The van der Waals surface area contributed by atoms with Crippen molar-refractivity contribution in [2.24, 2.45) is 29.5 Å². The number of allylic oxidation sites excluding steroid dienone is 2. The van der Waals surface area contributed by atoms with Gasteiger partial charge in [0.25, 0.3) is 5.91 Å². The quantitative estimate of drug-likeness (QED) is 0.0481.